The molecule has 1 aliphatic carbocycles. The van der Waals surface area contributed by atoms with Crippen LogP contribution in [0.5, 0.6) is 0 Å². The van der Waals surface area contributed by atoms with Gasteiger partial charge in [0.05, 0.1) is 6.26 Å². The lowest BCUT2D eigenvalue weighted by molar-refractivity contribution is 0.0701. The molecular weight excluding hydrogens is 124 g/mol. The van der Waals surface area contributed by atoms with E-state index in [9.17, 15) is 0 Å². The quantitative estimate of drug-likeness (QED) is 0.458. The van der Waals surface area contributed by atoms with Gasteiger partial charge in [0.15, 0.2) is 5.60 Å². The lowest BCUT2D eigenvalue weighted by Crippen LogP contribution is -2.27. The van der Waals surface area contributed by atoms with Crippen LogP contribution in [-0.2, 0) is 4.74 Å². The van der Waals surface area contributed by atoms with Gasteiger partial charge in [-0.1, -0.05) is 11.8 Å². The van der Waals surface area contributed by atoms with Crippen LogP contribution in [0.15, 0.2) is 11.8 Å². The summed E-state index contributed by atoms with van der Waals surface area (Å²) in [5, 5.41) is 0. The van der Waals surface area contributed by atoms with Crippen molar-refractivity contribution in [1.82, 2.24) is 0 Å². The van der Waals surface area contributed by atoms with Gasteiger partial charge in [0.2, 0.25) is 0 Å². The van der Waals surface area contributed by atoms with E-state index in [4.69, 9.17) is 4.74 Å². The summed E-state index contributed by atoms with van der Waals surface area (Å²) < 4.78 is 5.43. The molecule has 1 nitrogen and oxygen atoms in total. The molecule has 0 saturated carbocycles. The Morgan fingerprint density at radius 1 is 1.80 bits per heavy atom. The number of allylic oxidation sites excluding steroid dienone is 1. The van der Waals surface area contributed by atoms with Crippen LogP contribution in [0.1, 0.15) is 20.3 Å². The fourth-order valence-electron chi connectivity index (χ4n) is 1.39. The largest absolute Gasteiger partial charge is 0.482 e. The van der Waals surface area contributed by atoms with E-state index in [-0.39, 0.29) is 5.60 Å². The molecular formula is C9H10O. The predicted octanol–water partition coefficient (Wildman–Crippen LogP) is 1.70. The number of hydrogen-bond donors (Lipinski definition) is 0. The normalized spacial score (nSPS) is 41.4. The molecule has 1 heteroatoms. The Labute approximate surface area is 61.1 Å². The second-order valence-corrected chi connectivity index (χ2v) is 3.24. The van der Waals surface area contributed by atoms with Crippen molar-refractivity contribution in [2.75, 3.05) is 0 Å². The average molecular weight is 134 g/mol. The van der Waals surface area contributed by atoms with Crippen molar-refractivity contribution in [2.24, 2.45) is 5.92 Å². The first-order valence-electron chi connectivity index (χ1n) is 3.57. The van der Waals surface area contributed by atoms with Gasteiger partial charge in [0, 0.05) is 12.3 Å². The van der Waals surface area contributed by atoms with Crippen molar-refractivity contribution in [1.29, 1.82) is 0 Å². The maximum absolute atomic E-state index is 5.43. The molecule has 10 heavy (non-hydrogen) atoms. The van der Waals surface area contributed by atoms with Gasteiger partial charge in [0.25, 0.3) is 0 Å². The molecule has 0 aromatic carbocycles. The third kappa shape index (κ3) is 0.654. The standard InChI is InChI=1S/C9H10O/c1-7-6-10-9(2)4-3-8(7)5-9/h6,8H,5H2,1-2H3. The molecule has 0 aromatic rings. The Hall–Kier alpha value is -0.900. The first-order chi connectivity index (χ1) is 4.70. The highest BCUT2D eigenvalue weighted by atomic mass is 16.5. The zero-order valence-corrected chi connectivity index (χ0v) is 6.27. The maximum Gasteiger partial charge on any atom is 0.167 e. The Balaban J connectivity index is 2.39. The lowest BCUT2D eigenvalue weighted by atomic mass is 9.93. The monoisotopic (exact) mass is 134 g/mol. The third-order valence-electron chi connectivity index (χ3n) is 2.16. The highest BCUT2D eigenvalue weighted by Crippen LogP contribution is 2.34. The molecule has 0 spiro atoms. The van der Waals surface area contributed by atoms with E-state index in [0.29, 0.717) is 5.92 Å². The van der Waals surface area contributed by atoms with Crippen LogP contribution in [0.4, 0.5) is 0 Å². The van der Waals surface area contributed by atoms with Gasteiger partial charge in [-0.2, -0.15) is 0 Å². The van der Waals surface area contributed by atoms with Gasteiger partial charge >= 0.3 is 0 Å². The van der Waals surface area contributed by atoms with Crippen LogP contribution in [-0.4, -0.2) is 5.60 Å². The van der Waals surface area contributed by atoms with Gasteiger partial charge in [0.1, 0.15) is 0 Å². The fraction of sp³-hybridized carbons (Fsp3) is 0.556. The average Bonchev–Trinajstić information content (AvgIpc) is 2.23. The Bertz CT molecular complexity index is 254. The molecule has 52 valence electrons. The van der Waals surface area contributed by atoms with E-state index in [2.05, 4.69) is 18.8 Å². The molecule has 2 unspecified atom stereocenters. The molecule has 0 aromatic heterocycles. The molecule has 2 aliphatic rings. The molecule has 1 heterocycles. The summed E-state index contributed by atoms with van der Waals surface area (Å²) in [4.78, 5) is 0. The summed E-state index contributed by atoms with van der Waals surface area (Å²) in [5.41, 5.74) is 1.10. The van der Waals surface area contributed by atoms with E-state index in [1.807, 2.05) is 13.2 Å². The highest BCUT2D eigenvalue weighted by molar-refractivity contribution is 5.32. The van der Waals surface area contributed by atoms with Gasteiger partial charge in [-0.25, -0.2) is 0 Å². The second-order valence-electron chi connectivity index (χ2n) is 3.24. The van der Waals surface area contributed by atoms with Crippen molar-refractivity contribution in [3.05, 3.63) is 11.8 Å². The van der Waals surface area contributed by atoms with Crippen molar-refractivity contribution >= 4 is 0 Å². The summed E-state index contributed by atoms with van der Waals surface area (Å²) in [5.74, 6) is 6.74. The Morgan fingerprint density at radius 3 is 3.30 bits per heavy atom. The SMILES string of the molecule is CC1=COC2(C)C#CC1C2. The second kappa shape index (κ2) is 1.58. The van der Waals surface area contributed by atoms with Crippen molar-refractivity contribution in [3.63, 3.8) is 0 Å². The van der Waals surface area contributed by atoms with E-state index < -0.39 is 0 Å². The highest BCUT2D eigenvalue weighted by Gasteiger charge is 2.35. The van der Waals surface area contributed by atoms with Crippen LogP contribution in [0.2, 0.25) is 0 Å². The first kappa shape index (κ1) is 5.85. The fourth-order valence-corrected chi connectivity index (χ4v) is 1.39. The third-order valence-corrected chi connectivity index (χ3v) is 2.16. The summed E-state index contributed by atoms with van der Waals surface area (Å²) in [6.07, 6.45) is 2.86. The smallest absolute Gasteiger partial charge is 0.167 e. The molecule has 0 saturated heterocycles. The lowest BCUT2D eigenvalue weighted by Gasteiger charge is -2.26. The molecule has 1 aliphatic heterocycles. The van der Waals surface area contributed by atoms with Crippen LogP contribution < -0.4 is 0 Å². The zero-order chi connectivity index (χ0) is 7.19. The van der Waals surface area contributed by atoms with Crippen LogP contribution in [0, 0.1) is 17.8 Å². The minimum Gasteiger partial charge on any atom is -0.482 e. The summed E-state index contributed by atoms with van der Waals surface area (Å²) in [6, 6.07) is 0. The summed E-state index contributed by atoms with van der Waals surface area (Å²) >= 11 is 0. The van der Waals surface area contributed by atoms with Crippen molar-refractivity contribution < 1.29 is 4.74 Å². The Kier molecular flexibility index (Phi) is 0.922. The molecule has 0 N–H and O–H groups in total. The summed E-state index contributed by atoms with van der Waals surface area (Å²) in [7, 11) is 0. The zero-order valence-electron chi connectivity index (χ0n) is 6.27. The van der Waals surface area contributed by atoms with Gasteiger partial charge in [-0.15, -0.1) is 0 Å². The molecule has 2 bridgehead atoms. The minimum absolute atomic E-state index is 0.163. The minimum atomic E-state index is -0.163. The number of fused-ring (bicyclic) bond motifs is 2. The van der Waals surface area contributed by atoms with Gasteiger partial charge < -0.3 is 4.74 Å². The van der Waals surface area contributed by atoms with Crippen LogP contribution >= 0.6 is 0 Å². The van der Waals surface area contributed by atoms with E-state index in [0.717, 1.165) is 6.42 Å². The van der Waals surface area contributed by atoms with Crippen LogP contribution in [0.3, 0.4) is 0 Å². The van der Waals surface area contributed by atoms with Crippen molar-refractivity contribution in [2.45, 2.75) is 25.9 Å². The van der Waals surface area contributed by atoms with Gasteiger partial charge in [-0.3, -0.25) is 0 Å². The first-order valence-corrected chi connectivity index (χ1v) is 3.57. The van der Waals surface area contributed by atoms with E-state index in [1.54, 1.807) is 0 Å². The number of hydrogen-bond acceptors (Lipinski definition) is 1. The Morgan fingerprint density at radius 2 is 2.60 bits per heavy atom. The molecule has 0 fully saturated rings. The number of ether oxygens (including phenoxy) is 1. The molecule has 2 rings (SSSR count). The summed E-state index contributed by atoms with van der Waals surface area (Å²) in [6.45, 7) is 4.12. The topological polar surface area (TPSA) is 9.23 Å². The molecule has 0 radical (unpaired) electrons. The molecule has 0 amide bonds. The van der Waals surface area contributed by atoms with Gasteiger partial charge in [-0.05, 0) is 19.4 Å². The van der Waals surface area contributed by atoms with E-state index >= 15 is 0 Å². The number of rotatable bonds is 0. The van der Waals surface area contributed by atoms with Crippen LogP contribution in [0.25, 0.3) is 0 Å². The van der Waals surface area contributed by atoms with Crippen molar-refractivity contribution in [3.8, 4) is 11.8 Å². The van der Waals surface area contributed by atoms with E-state index in [1.165, 1.54) is 5.57 Å². The predicted molar refractivity (Wildman–Crippen MR) is 39.1 cm³/mol. The molecule has 2 atom stereocenters. The maximum atomic E-state index is 5.43.